The Balaban J connectivity index is 2.21. The first kappa shape index (κ1) is 12.8. The van der Waals surface area contributed by atoms with E-state index in [1.807, 2.05) is 29.2 Å². The van der Waals surface area contributed by atoms with Crippen LogP contribution in [0.2, 0.25) is 0 Å². The number of nitrogens with zero attached hydrogens (tertiary/aromatic N) is 1. The molecule has 1 heterocycles. The van der Waals surface area contributed by atoms with Gasteiger partial charge in [-0.15, -0.1) is 0 Å². The third-order valence-corrected chi connectivity index (χ3v) is 3.85. The number of benzene rings is 1. The minimum Gasteiger partial charge on any atom is -0.369 e. The van der Waals surface area contributed by atoms with Crippen molar-refractivity contribution in [1.82, 2.24) is 0 Å². The van der Waals surface area contributed by atoms with Gasteiger partial charge in [0.1, 0.15) is 0 Å². The maximum atomic E-state index is 12.9. The fourth-order valence-electron chi connectivity index (χ4n) is 2.20. The van der Waals surface area contributed by atoms with Crippen LogP contribution in [0.4, 0.5) is 14.5 Å². The van der Waals surface area contributed by atoms with Crippen LogP contribution >= 0.6 is 15.9 Å². The second-order valence-corrected chi connectivity index (χ2v) is 5.36. The van der Waals surface area contributed by atoms with Crippen molar-refractivity contribution >= 4 is 21.6 Å². The molecule has 0 bridgehead atoms. The highest BCUT2D eigenvalue weighted by Crippen LogP contribution is 2.32. The lowest BCUT2D eigenvalue weighted by molar-refractivity contribution is 0.0448. The van der Waals surface area contributed by atoms with Crippen molar-refractivity contribution in [3.8, 4) is 0 Å². The van der Waals surface area contributed by atoms with Crippen LogP contribution in [0.1, 0.15) is 12.8 Å². The van der Waals surface area contributed by atoms with Gasteiger partial charge < -0.3 is 10.6 Å². The van der Waals surface area contributed by atoms with Gasteiger partial charge in [0, 0.05) is 17.6 Å². The van der Waals surface area contributed by atoms with E-state index in [0.29, 0.717) is 12.8 Å². The molecule has 0 saturated carbocycles. The molecule has 1 atom stereocenters. The molecule has 1 saturated heterocycles. The van der Waals surface area contributed by atoms with Crippen LogP contribution in [-0.4, -0.2) is 25.1 Å². The Bertz CT molecular complexity index is 400. The van der Waals surface area contributed by atoms with Gasteiger partial charge in [0.05, 0.1) is 11.2 Å². The summed E-state index contributed by atoms with van der Waals surface area (Å²) in [5.41, 5.74) is 5.32. The number of para-hydroxylation sites is 1. The molecular formula is C12H15BrF2N2. The fourth-order valence-corrected chi connectivity index (χ4v) is 2.74. The summed E-state index contributed by atoms with van der Waals surface area (Å²) in [6, 6.07) is 7.63. The van der Waals surface area contributed by atoms with Crippen molar-refractivity contribution in [1.29, 1.82) is 0 Å². The van der Waals surface area contributed by atoms with Crippen molar-refractivity contribution in [2.75, 3.05) is 18.0 Å². The summed E-state index contributed by atoms with van der Waals surface area (Å²) in [5.74, 6) is 0. The maximum Gasteiger partial charge on any atom is 0.258 e. The van der Waals surface area contributed by atoms with Gasteiger partial charge in [0.25, 0.3) is 6.43 Å². The summed E-state index contributed by atoms with van der Waals surface area (Å²) in [6.45, 7) is 0.974. The number of nitrogens with two attached hydrogens (primary N) is 1. The summed E-state index contributed by atoms with van der Waals surface area (Å²) >= 11 is 3.44. The van der Waals surface area contributed by atoms with Crippen LogP contribution in [0, 0.1) is 0 Å². The van der Waals surface area contributed by atoms with E-state index in [0.717, 1.165) is 16.7 Å². The van der Waals surface area contributed by atoms with Gasteiger partial charge in [0.15, 0.2) is 0 Å². The Morgan fingerprint density at radius 3 is 2.71 bits per heavy atom. The topological polar surface area (TPSA) is 29.3 Å². The largest absolute Gasteiger partial charge is 0.369 e. The predicted molar refractivity (Wildman–Crippen MR) is 68.5 cm³/mol. The summed E-state index contributed by atoms with van der Waals surface area (Å²) < 4.78 is 26.8. The first-order chi connectivity index (χ1) is 8.03. The van der Waals surface area contributed by atoms with E-state index in [-0.39, 0.29) is 6.54 Å². The van der Waals surface area contributed by atoms with Crippen molar-refractivity contribution in [3.63, 3.8) is 0 Å². The zero-order chi connectivity index (χ0) is 12.5. The molecule has 0 amide bonds. The van der Waals surface area contributed by atoms with E-state index in [4.69, 9.17) is 5.73 Å². The minimum atomic E-state index is -2.48. The first-order valence-electron chi connectivity index (χ1n) is 5.59. The first-order valence-corrected chi connectivity index (χ1v) is 6.39. The van der Waals surface area contributed by atoms with Crippen LogP contribution < -0.4 is 10.6 Å². The molecule has 2 nitrogen and oxygen atoms in total. The third kappa shape index (κ3) is 2.60. The van der Waals surface area contributed by atoms with Gasteiger partial charge in [0.2, 0.25) is 0 Å². The fraction of sp³-hybridized carbons (Fsp3) is 0.500. The molecule has 2 rings (SSSR count). The monoisotopic (exact) mass is 304 g/mol. The molecule has 1 unspecified atom stereocenters. The van der Waals surface area contributed by atoms with Gasteiger partial charge in [-0.3, -0.25) is 0 Å². The van der Waals surface area contributed by atoms with Crippen molar-refractivity contribution in [2.45, 2.75) is 24.8 Å². The standard InChI is InChI=1S/C12H15BrF2N2/c13-9-4-1-2-5-10(9)17-7-3-6-12(16,8-17)11(14)15/h1-2,4-5,11H,3,6-8,16H2. The van der Waals surface area contributed by atoms with E-state index >= 15 is 0 Å². The second-order valence-electron chi connectivity index (χ2n) is 4.51. The van der Waals surface area contributed by atoms with Gasteiger partial charge >= 0.3 is 0 Å². The van der Waals surface area contributed by atoms with Crippen LogP contribution in [-0.2, 0) is 0 Å². The number of halogens is 3. The van der Waals surface area contributed by atoms with E-state index in [1.165, 1.54) is 0 Å². The number of rotatable bonds is 2. The van der Waals surface area contributed by atoms with Crippen molar-refractivity contribution in [3.05, 3.63) is 28.7 Å². The molecule has 94 valence electrons. The normalized spacial score (nSPS) is 25.4. The average molecular weight is 305 g/mol. The van der Waals surface area contributed by atoms with Crippen molar-refractivity contribution < 1.29 is 8.78 Å². The molecule has 1 aliphatic heterocycles. The predicted octanol–water partition coefficient (Wildman–Crippen LogP) is 3.01. The average Bonchev–Trinajstić information content (AvgIpc) is 2.29. The minimum absolute atomic E-state index is 0.202. The molecule has 1 aromatic rings. The van der Waals surface area contributed by atoms with E-state index in [2.05, 4.69) is 15.9 Å². The summed E-state index contributed by atoms with van der Waals surface area (Å²) in [7, 11) is 0. The lowest BCUT2D eigenvalue weighted by Crippen LogP contribution is -2.59. The van der Waals surface area contributed by atoms with Crippen LogP contribution in [0.25, 0.3) is 0 Å². The summed E-state index contributed by atoms with van der Waals surface area (Å²) in [6.07, 6.45) is -1.40. The Kier molecular flexibility index (Phi) is 3.68. The zero-order valence-electron chi connectivity index (χ0n) is 9.37. The Labute approximate surface area is 108 Å². The van der Waals surface area contributed by atoms with Gasteiger partial charge in [-0.05, 0) is 40.9 Å². The smallest absolute Gasteiger partial charge is 0.258 e. The number of piperidine rings is 1. The molecule has 1 aromatic carbocycles. The molecule has 0 spiro atoms. The van der Waals surface area contributed by atoms with E-state index in [9.17, 15) is 8.78 Å². The third-order valence-electron chi connectivity index (χ3n) is 3.18. The highest BCUT2D eigenvalue weighted by Gasteiger charge is 2.40. The molecule has 1 aliphatic rings. The number of hydrogen-bond donors (Lipinski definition) is 1. The highest BCUT2D eigenvalue weighted by molar-refractivity contribution is 9.10. The molecule has 5 heteroatoms. The molecule has 0 radical (unpaired) electrons. The van der Waals surface area contributed by atoms with Crippen LogP contribution in [0.3, 0.4) is 0 Å². The van der Waals surface area contributed by atoms with Crippen molar-refractivity contribution in [2.24, 2.45) is 5.73 Å². The van der Waals surface area contributed by atoms with E-state index < -0.39 is 12.0 Å². The molecule has 2 N–H and O–H groups in total. The molecule has 1 fully saturated rings. The SMILES string of the molecule is NC1(C(F)F)CCCN(c2ccccc2Br)C1. The maximum absolute atomic E-state index is 12.9. The molecule has 17 heavy (non-hydrogen) atoms. The highest BCUT2D eigenvalue weighted by atomic mass is 79.9. The molecular weight excluding hydrogens is 290 g/mol. The number of hydrogen-bond acceptors (Lipinski definition) is 2. The number of anilines is 1. The van der Waals surface area contributed by atoms with Crippen LogP contribution in [0.5, 0.6) is 0 Å². The summed E-state index contributed by atoms with van der Waals surface area (Å²) in [4.78, 5) is 1.93. The van der Waals surface area contributed by atoms with E-state index in [1.54, 1.807) is 0 Å². The summed E-state index contributed by atoms with van der Waals surface area (Å²) in [5, 5.41) is 0. The molecule has 0 aliphatic carbocycles. The van der Waals surface area contributed by atoms with Gasteiger partial charge in [-0.25, -0.2) is 8.78 Å². The quantitative estimate of drug-likeness (QED) is 0.910. The zero-order valence-corrected chi connectivity index (χ0v) is 11.0. The lowest BCUT2D eigenvalue weighted by atomic mass is 9.90. The van der Waals surface area contributed by atoms with Gasteiger partial charge in [-0.1, -0.05) is 12.1 Å². The molecule has 0 aromatic heterocycles. The van der Waals surface area contributed by atoms with Gasteiger partial charge in [-0.2, -0.15) is 0 Å². The number of alkyl halides is 2. The second kappa shape index (κ2) is 4.90. The Hall–Kier alpha value is -0.680. The Morgan fingerprint density at radius 2 is 2.06 bits per heavy atom. The van der Waals surface area contributed by atoms with Crippen LogP contribution in [0.15, 0.2) is 28.7 Å². The lowest BCUT2D eigenvalue weighted by Gasteiger charge is -2.41. The Morgan fingerprint density at radius 1 is 1.35 bits per heavy atom.